The summed E-state index contributed by atoms with van der Waals surface area (Å²) in [5.74, 6) is -0.446. The lowest BCUT2D eigenvalue weighted by Crippen LogP contribution is -2.58. The van der Waals surface area contributed by atoms with Crippen molar-refractivity contribution in [3.63, 3.8) is 0 Å². The van der Waals surface area contributed by atoms with Crippen LogP contribution in [0.1, 0.15) is 26.7 Å². The van der Waals surface area contributed by atoms with Crippen LogP contribution >= 0.6 is 11.6 Å². The van der Waals surface area contributed by atoms with Gasteiger partial charge in [-0.2, -0.15) is 0 Å². The van der Waals surface area contributed by atoms with Gasteiger partial charge >= 0.3 is 0 Å². The topological polar surface area (TPSA) is 113 Å². The molecule has 0 radical (unpaired) electrons. The zero-order chi connectivity index (χ0) is 21.5. The molecule has 3 aromatic heterocycles. The highest BCUT2D eigenvalue weighted by Crippen LogP contribution is 2.29. The summed E-state index contributed by atoms with van der Waals surface area (Å²) in [6.07, 6.45) is 6.11. The number of H-pyrrole nitrogens is 1. The third-order valence-electron chi connectivity index (χ3n) is 5.64. The molecule has 0 aliphatic carbocycles. The summed E-state index contributed by atoms with van der Waals surface area (Å²) in [6.45, 7) is 4.92. The minimum atomic E-state index is -0.772. The van der Waals surface area contributed by atoms with Gasteiger partial charge in [-0.25, -0.2) is 19.3 Å². The molecule has 0 bridgehead atoms. The first-order chi connectivity index (χ1) is 14.3. The van der Waals surface area contributed by atoms with Crippen LogP contribution in [0.25, 0.3) is 22.4 Å². The van der Waals surface area contributed by atoms with E-state index in [4.69, 9.17) is 17.3 Å². The Kier molecular flexibility index (Phi) is 5.33. The van der Waals surface area contributed by atoms with Crippen molar-refractivity contribution < 1.29 is 9.18 Å². The summed E-state index contributed by atoms with van der Waals surface area (Å²) in [5.41, 5.74) is 6.11. The van der Waals surface area contributed by atoms with E-state index in [2.05, 4.69) is 25.3 Å². The van der Waals surface area contributed by atoms with E-state index in [-0.39, 0.29) is 17.8 Å². The van der Waals surface area contributed by atoms with Crippen molar-refractivity contribution in [1.82, 2.24) is 24.8 Å². The highest BCUT2D eigenvalue weighted by Gasteiger charge is 2.36. The number of halogens is 2. The fourth-order valence-electron chi connectivity index (χ4n) is 3.71. The Morgan fingerprint density at radius 1 is 1.40 bits per heavy atom. The van der Waals surface area contributed by atoms with Gasteiger partial charge in [0.2, 0.25) is 5.91 Å². The normalized spacial score (nSPS) is 17.9. The minimum Gasteiger partial charge on any atom is -0.368 e. The van der Waals surface area contributed by atoms with Gasteiger partial charge < -0.3 is 16.0 Å². The number of aromatic nitrogens is 4. The number of nitrogens with zero attached hydrogens (tertiary/aromatic N) is 4. The molecule has 1 atom stereocenters. The predicted molar refractivity (Wildman–Crippen MR) is 114 cm³/mol. The molecule has 0 aromatic carbocycles. The maximum atomic E-state index is 14.5. The van der Waals surface area contributed by atoms with Gasteiger partial charge in [-0.3, -0.25) is 9.69 Å². The smallest absolute Gasteiger partial charge is 0.237 e. The minimum absolute atomic E-state index is 0.0753. The molecular weight excluding hydrogens is 409 g/mol. The first-order valence-corrected chi connectivity index (χ1v) is 10.1. The van der Waals surface area contributed by atoms with Crippen molar-refractivity contribution in [1.29, 1.82) is 0 Å². The third-order valence-corrected chi connectivity index (χ3v) is 5.85. The fourth-order valence-corrected chi connectivity index (χ4v) is 3.87. The van der Waals surface area contributed by atoms with Crippen molar-refractivity contribution in [2.24, 2.45) is 5.73 Å². The Morgan fingerprint density at radius 2 is 2.20 bits per heavy atom. The summed E-state index contributed by atoms with van der Waals surface area (Å²) in [6, 6.07) is 1.69. The van der Waals surface area contributed by atoms with Crippen LogP contribution in [-0.2, 0) is 4.79 Å². The van der Waals surface area contributed by atoms with Crippen LogP contribution in [0.3, 0.4) is 0 Å². The molecule has 4 rings (SSSR count). The molecule has 1 saturated heterocycles. The number of anilines is 1. The number of carbonyl (C=O) groups excluding carboxylic acids is 1. The summed E-state index contributed by atoms with van der Waals surface area (Å²) in [5, 5.41) is 4.43. The number of rotatable bonds is 5. The van der Waals surface area contributed by atoms with E-state index in [1.54, 1.807) is 32.3 Å². The predicted octanol–water partition coefficient (Wildman–Crippen LogP) is 2.95. The average molecular weight is 432 g/mol. The first-order valence-electron chi connectivity index (χ1n) is 9.72. The number of piperidine rings is 1. The van der Waals surface area contributed by atoms with Crippen LogP contribution in [0.4, 0.5) is 10.2 Å². The monoisotopic (exact) mass is 431 g/mol. The molecule has 0 unspecified atom stereocenters. The molecule has 0 saturated carbocycles. The van der Waals surface area contributed by atoms with Crippen molar-refractivity contribution >= 4 is 34.4 Å². The van der Waals surface area contributed by atoms with Crippen LogP contribution in [0.5, 0.6) is 0 Å². The molecule has 0 spiro atoms. The molecule has 8 nitrogen and oxygen atoms in total. The van der Waals surface area contributed by atoms with E-state index in [1.807, 2.05) is 4.90 Å². The molecule has 4 heterocycles. The summed E-state index contributed by atoms with van der Waals surface area (Å²) >= 11 is 6.07. The van der Waals surface area contributed by atoms with Gasteiger partial charge in [-0.1, -0.05) is 11.6 Å². The number of aromatic amines is 1. The van der Waals surface area contributed by atoms with Crippen LogP contribution in [0.15, 0.2) is 24.7 Å². The Hall–Kier alpha value is -2.78. The Labute approximate surface area is 178 Å². The van der Waals surface area contributed by atoms with Crippen molar-refractivity contribution in [2.45, 2.75) is 38.3 Å². The molecular formula is C20H23ClFN7O. The van der Waals surface area contributed by atoms with Crippen LogP contribution in [0.2, 0.25) is 5.02 Å². The largest absolute Gasteiger partial charge is 0.368 e. The number of hydrogen-bond donors (Lipinski definition) is 3. The molecule has 1 aliphatic heterocycles. The number of amides is 1. The Morgan fingerprint density at radius 3 is 2.97 bits per heavy atom. The van der Waals surface area contributed by atoms with Gasteiger partial charge in [0.05, 0.1) is 16.8 Å². The molecule has 30 heavy (non-hydrogen) atoms. The standard InChI is InChI=1S/C20H23ClFN7O/c1-20(2,19(23)30)29-5-3-4-12(10-29)27-18-15(22)9-26-17(28-18)14-8-25-16-13(14)6-11(21)7-24-16/h6-9,12H,3-5,10H2,1-2H3,(H2,23,30)(H,24,25)(H,26,27,28)/t12-/m0/s1. The second-order valence-electron chi connectivity index (χ2n) is 7.99. The van der Waals surface area contributed by atoms with Gasteiger partial charge in [-0.15, -0.1) is 0 Å². The number of likely N-dealkylation sites (tertiary alicyclic amines) is 1. The van der Waals surface area contributed by atoms with E-state index in [0.29, 0.717) is 28.6 Å². The molecule has 158 valence electrons. The van der Waals surface area contributed by atoms with E-state index in [9.17, 15) is 9.18 Å². The molecule has 1 amide bonds. The van der Waals surface area contributed by atoms with E-state index >= 15 is 0 Å². The molecule has 10 heteroatoms. The lowest BCUT2D eigenvalue weighted by molar-refractivity contribution is -0.129. The number of nitrogens with two attached hydrogens (primary N) is 1. The summed E-state index contributed by atoms with van der Waals surface area (Å²) in [7, 11) is 0. The zero-order valence-corrected chi connectivity index (χ0v) is 17.5. The Balaban J connectivity index is 1.59. The molecule has 1 fully saturated rings. The van der Waals surface area contributed by atoms with Crippen LogP contribution in [-0.4, -0.2) is 55.4 Å². The SMILES string of the molecule is CC(C)(C(N)=O)N1CCC[C@H](Nc2nc(-c3c[nH]c4ncc(Cl)cc34)ncc2F)C1. The summed E-state index contributed by atoms with van der Waals surface area (Å²) < 4.78 is 14.5. The van der Waals surface area contributed by atoms with Gasteiger partial charge in [0.1, 0.15) is 5.65 Å². The zero-order valence-electron chi connectivity index (χ0n) is 16.7. The first kappa shape index (κ1) is 20.5. The second kappa shape index (κ2) is 7.81. The van der Waals surface area contributed by atoms with E-state index in [0.717, 1.165) is 31.0 Å². The van der Waals surface area contributed by atoms with Gasteiger partial charge in [0.15, 0.2) is 17.5 Å². The maximum Gasteiger partial charge on any atom is 0.237 e. The van der Waals surface area contributed by atoms with Gasteiger partial charge in [-0.05, 0) is 39.3 Å². The van der Waals surface area contributed by atoms with Gasteiger partial charge in [0.25, 0.3) is 0 Å². The molecule has 1 aliphatic rings. The summed E-state index contributed by atoms with van der Waals surface area (Å²) in [4.78, 5) is 29.7. The highest BCUT2D eigenvalue weighted by molar-refractivity contribution is 6.31. The quantitative estimate of drug-likeness (QED) is 0.572. The number of hydrogen-bond acceptors (Lipinski definition) is 6. The fraction of sp³-hybridized carbons (Fsp3) is 0.400. The number of carbonyl (C=O) groups is 1. The van der Waals surface area contributed by atoms with Crippen molar-refractivity contribution in [3.8, 4) is 11.4 Å². The van der Waals surface area contributed by atoms with Crippen LogP contribution in [0, 0.1) is 5.82 Å². The van der Waals surface area contributed by atoms with E-state index in [1.165, 1.54) is 0 Å². The molecule has 4 N–H and O–H groups in total. The number of primary amides is 1. The molecule has 3 aromatic rings. The lowest BCUT2D eigenvalue weighted by atomic mass is 9.96. The average Bonchev–Trinajstić information content (AvgIpc) is 3.13. The van der Waals surface area contributed by atoms with Crippen molar-refractivity contribution in [2.75, 3.05) is 18.4 Å². The van der Waals surface area contributed by atoms with E-state index < -0.39 is 11.4 Å². The lowest BCUT2D eigenvalue weighted by Gasteiger charge is -2.41. The highest BCUT2D eigenvalue weighted by atomic mass is 35.5. The second-order valence-corrected chi connectivity index (χ2v) is 8.43. The Bertz CT molecular complexity index is 1100. The number of nitrogens with one attached hydrogen (secondary N) is 2. The van der Waals surface area contributed by atoms with Crippen LogP contribution < -0.4 is 11.1 Å². The number of pyridine rings is 1. The maximum absolute atomic E-state index is 14.5. The third kappa shape index (κ3) is 3.82. The van der Waals surface area contributed by atoms with Crippen molar-refractivity contribution in [3.05, 3.63) is 35.5 Å². The van der Waals surface area contributed by atoms with Gasteiger partial charge in [0, 0.05) is 35.9 Å². The number of fused-ring (bicyclic) bond motifs is 1.